The largest absolute Gasteiger partial charge is 0.444 e. The molecule has 0 fully saturated rings. The summed E-state index contributed by atoms with van der Waals surface area (Å²) in [5.74, 6) is -0.324. The predicted molar refractivity (Wildman–Crippen MR) is 77.6 cm³/mol. The standard InChI is InChI=1S/C15H21FN2O2/c1-15(2,3)20-14(19)18-8-4-5-11-6-7-12(10-17)13(16)9-11/h4-7,9H,8,10,17H2,1-3H3,(H,18,19). The Morgan fingerprint density at radius 3 is 2.70 bits per heavy atom. The highest BCUT2D eigenvalue weighted by molar-refractivity contribution is 5.68. The van der Waals surface area contributed by atoms with Gasteiger partial charge in [-0.2, -0.15) is 0 Å². The van der Waals surface area contributed by atoms with Gasteiger partial charge in [-0.1, -0.05) is 24.3 Å². The van der Waals surface area contributed by atoms with Gasteiger partial charge in [0, 0.05) is 18.7 Å². The smallest absolute Gasteiger partial charge is 0.407 e. The molecular weight excluding hydrogens is 259 g/mol. The molecule has 1 aromatic carbocycles. The van der Waals surface area contributed by atoms with E-state index >= 15 is 0 Å². The molecule has 0 saturated carbocycles. The molecule has 0 aromatic heterocycles. The third-order valence-electron chi connectivity index (χ3n) is 2.37. The summed E-state index contributed by atoms with van der Waals surface area (Å²) in [4.78, 5) is 11.4. The number of rotatable bonds is 4. The third-order valence-corrected chi connectivity index (χ3v) is 2.37. The van der Waals surface area contributed by atoms with Crippen LogP contribution in [0.3, 0.4) is 0 Å². The zero-order chi connectivity index (χ0) is 15.2. The van der Waals surface area contributed by atoms with E-state index in [1.807, 2.05) is 0 Å². The van der Waals surface area contributed by atoms with Gasteiger partial charge in [-0.3, -0.25) is 0 Å². The average molecular weight is 280 g/mol. The fourth-order valence-electron chi connectivity index (χ4n) is 1.48. The second kappa shape index (κ2) is 7.05. The number of alkyl carbamates (subject to hydrolysis) is 1. The Hall–Kier alpha value is -1.88. The molecule has 110 valence electrons. The maximum atomic E-state index is 13.5. The molecule has 0 heterocycles. The molecule has 5 heteroatoms. The number of carbonyl (C=O) groups excluding carboxylic acids is 1. The van der Waals surface area contributed by atoms with Crippen LogP contribution in [0.1, 0.15) is 31.9 Å². The molecular formula is C15H21FN2O2. The van der Waals surface area contributed by atoms with Gasteiger partial charge in [-0.25, -0.2) is 9.18 Å². The monoisotopic (exact) mass is 280 g/mol. The number of hydrogen-bond donors (Lipinski definition) is 2. The summed E-state index contributed by atoms with van der Waals surface area (Å²) in [5, 5.41) is 2.58. The van der Waals surface area contributed by atoms with Crippen molar-refractivity contribution in [1.29, 1.82) is 0 Å². The van der Waals surface area contributed by atoms with Crippen molar-refractivity contribution in [2.75, 3.05) is 6.54 Å². The molecule has 0 aliphatic carbocycles. The summed E-state index contributed by atoms with van der Waals surface area (Å²) >= 11 is 0. The summed E-state index contributed by atoms with van der Waals surface area (Å²) in [6, 6.07) is 4.83. The van der Waals surface area contributed by atoms with E-state index < -0.39 is 11.7 Å². The number of nitrogens with one attached hydrogen (secondary N) is 1. The van der Waals surface area contributed by atoms with E-state index in [1.165, 1.54) is 6.07 Å². The molecule has 0 radical (unpaired) electrons. The molecule has 0 aliphatic heterocycles. The first-order valence-electron chi connectivity index (χ1n) is 6.44. The number of amides is 1. The van der Waals surface area contributed by atoms with Crippen LogP contribution in [-0.4, -0.2) is 18.2 Å². The van der Waals surface area contributed by atoms with Crippen LogP contribution in [0.15, 0.2) is 24.3 Å². The zero-order valence-corrected chi connectivity index (χ0v) is 12.1. The molecule has 1 rings (SSSR count). The topological polar surface area (TPSA) is 64.3 Å². The Labute approximate surface area is 118 Å². The van der Waals surface area contributed by atoms with Gasteiger partial charge in [0.2, 0.25) is 0 Å². The number of carbonyl (C=O) groups is 1. The van der Waals surface area contributed by atoms with Gasteiger partial charge >= 0.3 is 6.09 Å². The number of nitrogens with two attached hydrogens (primary N) is 1. The number of halogens is 1. The predicted octanol–water partition coefficient (Wildman–Crippen LogP) is 2.82. The van der Waals surface area contributed by atoms with E-state index in [1.54, 1.807) is 45.1 Å². The number of ether oxygens (including phenoxy) is 1. The van der Waals surface area contributed by atoms with Gasteiger partial charge in [-0.15, -0.1) is 0 Å². The third kappa shape index (κ3) is 5.84. The summed E-state index contributed by atoms with van der Waals surface area (Å²) < 4.78 is 18.6. The number of hydrogen-bond acceptors (Lipinski definition) is 3. The molecule has 0 saturated heterocycles. The molecule has 1 amide bonds. The van der Waals surface area contributed by atoms with Gasteiger partial charge in [-0.05, 0) is 32.4 Å². The van der Waals surface area contributed by atoms with Crippen LogP contribution in [0.2, 0.25) is 0 Å². The van der Waals surface area contributed by atoms with Crippen molar-refractivity contribution in [2.45, 2.75) is 32.9 Å². The zero-order valence-electron chi connectivity index (χ0n) is 12.1. The maximum Gasteiger partial charge on any atom is 0.407 e. The van der Waals surface area contributed by atoms with Gasteiger partial charge in [0.1, 0.15) is 11.4 Å². The first kappa shape index (κ1) is 16.2. The molecule has 20 heavy (non-hydrogen) atoms. The lowest BCUT2D eigenvalue weighted by atomic mass is 10.1. The average Bonchev–Trinajstić information content (AvgIpc) is 2.33. The minimum Gasteiger partial charge on any atom is -0.444 e. The van der Waals surface area contributed by atoms with Gasteiger partial charge in [0.05, 0.1) is 0 Å². The second-order valence-electron chi connectivity index (χ2n) is 5.34. The lowest BCUT2D eigenvalue weighted by Crippen LogP contribution is -2.32. The fourth-order valence-corrected chi connectivity index (χ4v) is 1.48. The van der Waals surface area contributed by atoms with Crippen molar-refractivity contribution < 1.29 is 13.9 Å². The lowest BCUT2D eigenvalue weighted by molar-refractivity contribution is 0.0534. The summed E-state index contributed by atoms with van der Waals surface area (Å²) in [6.45, 7) is 5.88. The molecule has 0 unspecified atom stereocenters. The Bertz CT molecular complexity index is 493. The molecule has 0 atom stereocenters. The Kier molecular flexibility index (Phi) is 5.70. The molecule has 0 spiro atoms. The first-order chi connectivity index (χ1) is 9.31. The van der Waals surface area contributed by atoms with Crippen molar-refractivity contribution in [3.63, 3.8) is 0 Å². The quantitative estimate of drug-likeness (QED) is 0.891. The van der Waals surface area contributed by atoms with Crippen molar-refractivity contribution in [1.82, 2.24) is 5.32 Å². The van der Waals surface area contributed by atoms with Gasteiger partial charge in [0.25, 0.3) is 0 Å². The minimum absolute atomic E-state index is 0.177. The normalized spacial score (nSPS) is 11.7. The maximum absolute atomic E-state index is 13.5. The summed E-state index contributed by atoms with van der Waals surface area (Å²) in [5.41, 5.74) is 6.06. The fraction of sp³-hybridized carbons (Fsp3) is 0.400. The lowest BCUT2D eigenvalue weighted by Gasteiger charge is -2.19. The second-order valence-corrected chi connectivity index (χ2v) is 5.34. The molecule has 4 nitrogen and oxygen atoms in total. The van der Waals surface area contributed by atoms with Crippen molar-refractivity contribution >= 4 is 12.2 Å². The molecule has 1 aromatic rings. The van der Waals surface area contributed by atoms with Crippen LogP contribution in [0, 0.1) is 5.82 Å². The SMILES string of the molecule is CC(C)(C)OC(=O)NCC=Cc1ccc(CN)c(F)c1. The Morgan fingerprint density at radius 1 is 1.45 bits per heavy atom. The van der Waals surface area contributed by atoms with Gasteiger partial charge in [0.15, 0.2) is 0 Å². The highest BCUT2D eigenvalue weighted by Crippen LogP contribution is 2.11. The Morgan fingerprint density at radius 2 is 2.15 bits per heavy atom. The van der Waals surface area contributed by atoms with Crippen LogP contribution in [0.25, 0.3) is 6.08 Å². The minimum atomic E-state index is -0.519. The van der Waals surface area contributed by atoms with Crippen molar-refractivity contribution in [3.05, 3.63) is 41.2 Å². The first-order valence-corrected chi connectivity index (χ1v) is 6.44. The highest BCUT2D eigenvalue weighted by Gasteiger charge is 2.14. The number of benzene rings is 1. The molecule has 3 N–H and O–H groups in total. The van der Waals surface area contributed by atoms with E-state index in [0.717, 1.165) is 0 Å². The van der Waals surface area contributed by atoms with Gasteiger partial charge < -0.3 is 15.8 Å². The van der Waals surface area contributed by atoms with E-state index in [9.17, 15) is 9.18 Å². The Balaban J connectivity index is 2.46. The van der Waals surface area contributed by atoms with Crippen LogP contribution in [-0.2, 0) is 11.3 Å². The summed E-state index contributed by atoms with van der Waals surface area (Å²) in [6.07, 6.45) is 2.97. The molecule has 0 aliphatic rings. The van der Waals surface area contributed by atoms with Crippen LogP contribution < -0.4 is 11.1 Å². The molecule has 0 bridgehead atoms. The summed E-state index contributed by atoms with van der Waals surface area (Å²) in [7, 11) is 0. The van der Waals surface area contributed by atoms with Crippen molar-refractivity contribution in [3.8, 4) is 0 Å². The van der Waals surface area contributed by atoms with E-state index in [4.69, 9.17) is 10.5 Å². The van der Waals surface area contributed by atoms with E-state index in [-0.39, 0.29) is 12.4 Å². The van der Waals surface area contributed by atoms with Crippen LogP contribution in [0.4, 0.5) is 9.18 Å². The van der Waals surface area contributed by atoms with Crippen molar-refractivity contribution in [2.24, 2.45) is 5.73 Å². The van der Waals surface area contributed by atoms with E-state index in [2.05, 4.69) is 5.32 Å². The highest BCUT2D eigenvalue weighted by atomic mass is 19.1. The van der Waals surface area contributed by atoms with E-state index in [0.29, 0.717) is 17.7 Å². The van der Waals surface area contributed by atoms with Crippen LogP contribution in [0.5, 0.6) is 0 Å². The van der Waals surface area contributed by atoms with Crippen LogP contribution >= 0.6 is 0 Å².